The summed E-state index contributed by atoms with van der Waals surface area (Å²) >= 11 is 0. The maximum Gasteiger partial charge on any atom is 0.179 e. The maximum absolute atomic E-state index is 9.07. The van der Waals surface area contributed by atoms with Crippen molar-refractivity contribution in [3.63, 3.8) is 0 Å². The molecular weight excluding hydrogens is 781 g/mol. The van der Waals surface area contributed by atoms with Gasteiger partial charge in [-0.15, -0.1) is 0 Å². The summed E-state index contributed by atoms with van der Waals surface area (Å²) in [4.78, 5) is 0. The third-order valence-corrected chi connectivity index (χ3v) is 18.0. The van der Waals surface area contributed by atoms with Gasteiger partial charge in [0.15, 0.2) is 8.07 Å². The molecule has 2 aliphatic heterocycles. The Morgan fingerprint density at radius 1 is 0.381 bits per heavy atom. The van der Waals surface area contributed by atoms with Gasteiger partial charge >= 0.3 is 0 Å². The molecule has 0 N–H and O–H groups in total. The van der Waals surface area contributed by atoms with E-state index in [1.54, 1.807) is 48.5 Å². The minimum Gasteiger partial charge on any atom is -0.456 e. The molecule has 0 aliphatic carbocycles. The van der Waals surface area contributed by atoms with Crippen LogP contribution < -0.4 is 30.2 Å². The topological polar surface area (TPSA) is 18.5 Å². The van der Waals surface area contributed by atoms with Crippen LogP contribution in [0.2, 0.25) is 0 Å². The van der Waals surface area contributed by atoms with Gasteiger partial charge in [-0.05, 0) is 118 Å². The lowest BCUT2D eigenvalue weighted by atomic mass is 9.74. The van der Waals surface area contributed by atoms with E-state index in [1.165, 1.54) is 48.5 Å². The van der Waals surface area contributed by atoms with Crippen LogP contribution in [0.1, 0.15) is 108 Å². The van der Waals surface area contributed by atoms with E-state index in [-0.39, 0.29) is 78.6 Å². The van der Waals surface area contributed by atoms with E-state index in [0.717, 1.165) is 10.4 Å². The fourth-order valence-electron chi connectivity index (χ4n) is 10.00. The first-order chi connectivity index (χ1) is 37.5. The summed E-state index contributed by atoms with van der Waals surface area (Å²) in [5.74, 6) is 0.376. The Kier molecular flexibility index (Phi) is 5.90. The van der Waals surface area contributed by atoms with Crippen LogP contribution in [0.15, 0.2) is 158 Å². The summed E-state index contributed by atoms with van der Waals surface area (Å²) in [5, 5.41) is 2.47. The Balaban J connectivity index is 1.34. The highest BCUT2D eigenvalue weighted by Crippen LogP contribution is 2.54. The molecule has 0 fully saturated rings. The average molecular weight is 855 g/mol. The summed E-state index contributed by atoms with van der Waals surface area (Å²) in [6.07, 6.45) is 0. The normalized spacial score (nSPS) is 19.8. The van der Waals surface area contributed by atoms with Gasteiger partial charge < -0.3 is 9.47 Å². The van der Waals surface area contributed by atoms with Crippen LogP contribution in [-0.4, -0.2) is 8.07 Å². The minimum atomic E-state index is -4.07. The Morgan fingerprint density at radius 2 is 0.778 bits per heavy atom. The lowest BCUT2D eigenvalue weighted by Gasteiger charge is -2.38. The molecule has 8 aromatic carbocycles. The van der Waals surface area contributed by atoms with Crippen LogP contribution in [-0.2, 0) is 10.8 Å². The third kappa shape index (κ3) is 6.26. The van der Waals surface area contributed by atoms with Gasteiger partial charge in [0, 0.05) is 68.9 Å². The molecule has 0 amide bonds. The number of fused-ring (bicyclic) bond motifs is 4. The van der Waals surface area contributed by atoms with Crippen LogP contribution in [0, 0.1) is 41.1 Å². The summed E-state index contributed by atoms with van der Waals surface area (Å²) in [6, 6.07) is 43.8. The molecule has 312 valence electrons. The van der Waals surface area contributed by atoms with Crippen molar-refractivity contribution < 1.29 is 34.1 Å². The van der Waals surface area contributed by atoms with E-state index in [2.05, 4.69) is 0 Å². The molecule has 0 saturated carbocycles. The predicted octanol–water partition coefficient (Wildman–Crippen LogP) is 13.1. The summed E-state index contributed by atoms with van der Waals surface area (Å²) in [5.41, 5.74) is -0.613. The van der Waals surface area contributed by atoms with Crippen molar-refractivity contribution in [1.82, 2.24) is 0 Å². The van der Waals surface area contributed by atoms with Crippen molar-refractivity contribution in [2.45, 2.75) is 79.6 Å². The molecule has 63 heavy (non-hydrogen) atoms. The number of rotatable bonds is 6. The second-order valence-electron chi connectivity index (χ2n) is 17.6. The molecule has 0 radical (unpaired) electrons. The lowest BCUT2D eigenvalue weighted by Crippen LogP contribution is -2.74. The van der Waals surface area contributed by atoms with Crippen molar-refractivity contribution in [1.29, 1.82) is 0 Å². The molecular formula is C60H56O2Si. The fraction of sp³-hybridized carbons (Fsp3) is 0.200. The fourth-order valence-corrected chi connectivity index (χ4v) is 14.8. The molecule has 0 unspecified atom stereocenters. The van der Waals surface area contributed by atoms with Crippen molar-refractivity contribution in [3.8, 4) is 45.3 Å². The Labute approximate surface area is 400 Å². The minimum absolute atomic E-state index is 0.00249. The van der Waals surface area contributed by atoms with Gasteiger partial charge in [0.1, 0.15) is 23.0 Å². The van der Waals surface area contributed by atoms with Gasteiger partial charge in [-0.3, -0.25) is 0 Å². The number of ether oxygens (including phenoxy) is 2. The maximum atomic E-state index is 9.07. The number of hydrogen-bond donors (Lipinski definition) is 0. The molecule has 8 aromatic rings. The number of benzene rings is 8. The van der Waals surface area contributed by atoms with Crippen LogP contribution in [0.5, 0.6) is 23.0 Å². The van der Waals surface area contributed by atoms with E-state index in [1.807, 2.05) is 88.4 Å². The molecule has 10 rings (SSSR count). The van der Waals surface area contributed by atoms with Crippen molar-refractivity contribution in [2.75, 3.05) is 0 Å². The van der Waals surface area contributed by atoms with Crippen LogP contribution in [0.4, 0.5) is 0 Å². The summed E-state index contributed by atoms with van der Waals surface area (Å²) in [7, 11) is -4.07. The monoisotopic (exact) mass is 855 g/mol. The number of aryl methyl sites for hydroxylation is 6. The van der Waals surface area contributed by atoms with Gasteiger partial charge in [0.2, 0.25) is 0 Å². The second-order valence-corrected chi connectivity index (χ2v) is 21.4. The smallest absolute Gasteiger partial charge is 0.179 e. The Morgan fingerprint density at radius 3 is 1.17 bits per heavy atom. The third-order valence-electron chi connectivity index (χ3n) is 13.3. The molecule has 0 aromatic heterocycles. The highest BCUT2D eigenvalue weighted by molar-refractivity contribution is 7.20. The van der Waals surface area contributed by atoms with Gasteiger partial charge in [-0.1, -0.05) is 173 Å². The van der Waals surface area contributed by atoms with Crippen LogP contribution >= 0.6 is 0 Å². The molecule has 2 aliphatic rings. The van der Waals surface area contributed by atoms with E-state index in [9.17, 15) is 0 Å². The quantitative estimate of drug-likeness (QED) is 0.123. The lowest BCUT2D eigenvalue weighted by molar-refractivity contribution is 0.418. The zero-order valence-electron chi connectivity index (χ0n) is 53.3. The molecule has 3 heteroatoms. The summed E-state index contributed by atoms with van der Waals surface area (Å²) < 4.78 is 171. The molecule has 0 atom stereocenters. The van der Waals surface area contributed by atoms with Crippen molar-refractivity contribution in [3.05, 3.63) is 213 Å². The second kappa shape index (κ2) is 14.9. The predicted molar refractivity (Wildman–Crippen MR) is 267 cm³/mol. The van der Waals surface area contributed by atoms with Crippen molar-refractivity contribution in [2.24, 2.45) is 0 Å². The summed E-state index contributed by atoms with van der Waals surface area (Å²) in [6.45, 7) is -8.96. The highest BCUT2D eigenvalue weighted by atomic mass is 28.3. The average Bonchev–Trinajstić information content (AvgIpc) is 2.59. The molecule has 0 saturated heterocycles. The Hall–Kier alpha value is -6.42. The largest absolute Gasteiger partial charge is 0.456 e. The van der Waals surface area contributed by atoms with Crippen LogP contribution in [0.25, 0.3) is 22.3 Å². The zero-order valence-corrected chi connectivity index (χ0v) is 36.3. The standard InChI is InChI=1S/C60H56O2Si/c1-37-21-29-49-53(33-37)61-57-51(59(49,7)8)31-25-41(5)55(57)47-35-45(27-23-39(47)3)63(43-17-13-11-14-18-43,44-19-15-12-16-20-44)46-28-24-40(4)48(36-46)56-42(6)26-32-52-58(56)62-54-34-38(2)22-30-50(54)60(52,9)10/h11-36H,1-10H3/i1D3,2D3,3D3,4D3,5D3,6D3. The van der Waals surface area contributed by atoms with Crippen LogP contribution in [0.3, 0.4) is 0 Å². The van der Waals surface area contributed by atoms with E-state index in [4.69, 9.17) is 34.1 Å². The van der Waals surface area contributed by atoms with Gasteiger partial charge in [-0.25, -0.2) is 0 Å². The first-order valence-electron chi connectivity index (χ1n) is 29.9. The Bertz CT molecular complexity index is 3540. The molecule has 0 bridgehead atoms. The molecule has 0 spiro atoms. The molecule has 2 nitrogen and oxygen atoms in total. The van der Waals surface area contributed by atoms with E-state index in [0.29, 0.717) is 32.6 Å². The van der Waals surface area contributed by atoms with Gasteiger partial charge in [-0.2, -0.15) is 0 Å². The SMILES string of the molecule is [2H]C([2H])([2H])c1ccc2c(c1)Oc1c(ccc(C([2H])([2H])[2H])c1-c1cc([Si](c3ccccc3)(c3ccccc3)c3ccc(C([2H])([2H])[2H])c(-c4c(C([2H])([2H])[2H])ccc5c4Oc4cc(C([2H])([2H])[2H])ccc4C5(C)C)c3)ccc1C([2H])([2H])[2H])C2(C)C. The highest BCUT2D eigenvalue weighted by Gasteiger charge is 2.44. The first kappa shape index (κ1) is 25.0. The van der Waals surface area contributed by atoms with Gasteiger partial charge in [0.25, 0.3) is 0 Å². The number of hydrogen-bond acceptors (Lipinski definition) is 2. The van der Waals surface area contributed by atoms with Crippen molar-refractivity contribution >= 4 is 28.8 Å². The molecule has 2 heterocycles. The van der Waals surface area contributed by atoms with E-state index < -0.39 is 60.0 Å². The van der Waals surface area contributed by atoms with Gasteiger partial charge in [0.05, 0.1) is 0 Å². The van der Waals surface area contributed by atoms with E-state index >= 15 is 0 Å². The first-order valence-corrected chi connectivity index (χ1v) is 22.9. The zero-order chi connectivity index (χ0) is 59.0.